The Hall–Kier alpha value is -1.59. The molecule has 1 atom stereocenters. The van der Waals surface area contributed by atoms with Gasteiger partial charge in [-0.2, -0.15) is 0 Å². The summed E-state index contributed by atoms with van der Waals surface area (Å²) in [7, 11) is -3.39. The van der Waals surface area contributed by atoms with Gasteiger partial charge >= 0.3 is 161 Å². The van der Waals surface area contributed by atoms with Gasteiger partial charge in [0.25, 0.3) is 0 Å². The number of hydrogen-bond donors (Lipinski definition) is 1. The Morgan fingerprint density at radius 3 is 2.52 bits per heavy atom. The van der Waals surface area contributed by atoms with Gasteiger partial charge < -0.3 is 0 Å². The molecule has 25 heavy (non-hydrogen) atoms. The second-order valence-corrected chi connectivity index (χ2v) is 13.7. The first-order chi connectivity index (χ1) is 12.0. The Labute approximate surface area is 160 Å². The Kier molecular flexibility index (Phi) is 5.64. The van der Waals surface area contributed by atoms with Gasteiger partial charge in [0.1, 0.15) is 0 Å². The van der Waals surface area contributed by atoms with Gasteiger partial charge in [-0.15, -0.1) is 0 Å². The van der Waals surface area contributed by atoms with Crippen molar-refractivity contribution < 1.29 is 13.2 Å². The summed E-state index contributed by atoms with van der Waals surface area (Å²) in [5.74, 6) is -0.328. The van der Waals surface area contributed by atoms with Crippen LogP contribution in [0.4, 0.5) is 5.69 Å². The molecule has 1 aromatic heterocycles. The standard InChI is InChI=1S/C17H13AsClNO3S2/c19-12-5-4-6-13(9-12)20-17(21)15-10-24-11-16(15)18-25(22,23)14-7-2-1-3-8-14/h1-11,18H,(H,20,21). The van der Waals surface area contributed by atoms with Crippen molar-refractivity contribution in [2.24, 2.45) is 0 Å². The Morgan fingerprint density at radius 1 is 1.04 bits per heavy atom. The van der Waals surface area contributed by atoms with E-state index in [-0.39, 0.29) is 5.91 Å². The third kappa shape index (κ3) is 4.53. The second kappa shape index (κ2) is 7.75. The van der Waals surface area contributed by atoms with Crippen LogP contribution in [0.1, 0.15) is 10.4 Å². The van der Waals surface area contributed by atoms with Crippen molar-refractivity contribution in [1.29, 1.82) is 0 Å². The van der Waals surface area contributed by atoms with Gasteiger partial charge in [0, 0.05) is 0 Å². The summed E-state index contributed by atoms with van der Waals surface area (Å²) in [6.45, 7) is 0. The average molecular weight is 454 g/mol. The summed E-state index contributed by atoms with van der Waals surface area (Å²) in [5, 5.41) is 6.70. The molecule has 128 valence electrons. The number of thiophene rings is 1. The summed E-state index contributed by atoms with van der Waals surface area (Å²) < 4.78 is 25.8. The predicted molar refractivity (Wildman–Crippen MR) is 104 cm³/mol. The zero-order chi connectivity index (χ0) is 17.9. The number of carbonyl (C=O) groups excluding carboxylic acids is 1. The van der Waals surface area contributed by atoms with Crippen molar-refractivity contribution in [1.82, 2.24) is 0 Å². The van der Waals surface area contributed by atoms with E-state index in [1.165, 1.54) is 11.3 Å². The molecule has 2 aromatic carbocycles. The molecule has 0 saturated heterocycles. The number of halogens is 1. The van der Waals surface area contributed by atoms with Crippen LogP contribution in [0.3, 0.4) is 0 Å². The number of benzene rings is 2. The van der Waals surface area contributed by atoms with Crippen LogP contribution in [0.15, 0.2) is 70.3 Å². The molecule has 0 saturated carbocycles. The second-order valence-electron chi connectivity index (χ2n) is 5.08. The van der Waals surface area contributed by atoms with Crippen LogP contribution in [-0.4, -0.2) is 28.9 Å². The number of anilines is 1. The molecule has 8 heteroatoms. The van der Waals surface area contributed by atoms with Gasteiger partial charge in [0.15, 0.2) is 0 Å². The van der Waals surface area contributed by atoms with Gasteiger partial charge in [-0.05, 0) is 0 Å². The normalized spacial score (nSPS) is 11.7. The molecule has 0 fully saturated rings. The third-order valence-corrected chi connectivity index (χ3v) is 11.5. The maximum atomic E-state index is 12.6. The predicted octanol–water partition coefficient (Wildman–Crippen LogP) is 3.10. The monoisotopic (exact) mass is 453 g/mol. The SMILES string of the molecule is O=C(Nc1cccc(Cl)c1)c1cscc1[AsH]S(=O)(=O)c1ccccc1. The Bertz CT molecular complexity index is 1000. The Morgan fingerprint density at radius 2 is 1.80 bits per heavy atom. The summed E-state index contributed by atoms with van der Waals surface area (Å²) in [4.78, 5) is 12.8. The molecule has 3 aromatic rings. The van der Waals surface area contributed by atoms with Crippen LogP contribution in [0.25, 0.3) is 0 Å². The zero-order valence-electron chi connectivity index (χ0n) is 12.8. The molecule has 0 aliphatic carbocycles. The molecule has 0 aliphatic heterocycles. The number of hydrogen-bond acceptors (Lipinski definition) is 4. The zero-order valence-corrected chi connectivity index (χ0v) is 17.3. The first kappa shape index (κ1) is 18.2. The molecular weight excluding hydrogens is 441 g/mol. The van der Waals surface area contributed by atoms with E-state index in [9.17, 15) is 13.2 Å². The van der Waals surface area contributed by atoms with Crippen LogP contribution in [0.5, 0.6) is 0 Å². The molecule has 0 spiro atoms. The third-order valence-electron chi connectivity index (χ3n) is 3.29. The molecule has 3 rings (SSSR count). The van der Waals surface area contributed by atoms with Crippen molar-refractivity contribution >= 4 is 61.6 Å². The molecule has 1 heterocycles. The van der Waals surface area contributed by atoms with Gasteiger partial charge in [-0.3, -0.25) is 0 Å². The quantitative estimate of drug-likeness (QED) is 0.604. The molecule has 0 radical (unpaired) electrons. The van der Waals surface area contributed by atoms with Crippen LogP contribution < -0.4 is 9.67 Å². The van der Waals surface area contributed by atoms with Crippen LogP contribution in [0, 0.1) is 0 Å². The van der Waals surface area contributed by atoms with E-state index >= 15 is 0 Å². The number of nitrogens with one attached hydrogen (secondary N) is 1. The fourth-order valence-corrected chi connectivity index (χ4v) is 10.3. The molecule has 1 amide bonds. The Balaban J connectivity index is 1.82. The maximum absolute atomic E-state index is 12.6. The number of amides is 1. The van der Waals surface area contributed by atoms with E-state index in [1.54, 1.807) is 65.4 Å². The van der Waals surface area contributed by atoms with Crippen molar-refractivity contribution in [2.75, 3.05) is 5.32 Å². The molecule has 0 aliphatic rings. The topological polar surface area (TPSA) is 63.2 Å². The van der Waals surface area contributed by atoms with Crippen LogP contribution in [-0.2, 0) is 8.10 Å². The van der Waals surface area contributed by atoms with E-state index in [4.69, 9.17) is 11.6 Å². The first-order valence-electron chi connectivity index (χ1n) is 7.17. The molecule has 0 bridgehead atoms. The number of carbonyl (C=O) groups is 1. The fraction of sp³-hybridized carbons (Fsp3) is 0. The van der Waals surface area contributed by atoms with Crippen LogP contribution in [0.2, 0.25) is 5.02 Å². The van der Waals surface area contributed by atoms with Crippen molar-refractivity contribution in [2.45, 2.75) is 4.90 Å². The van der Waals surface area contributed by atoms with Gasteiger partial charge in [0.05, 0.1) is 0 Å². The summed E-state index contributed by atoms with van der Waals surface area (Å²) >= 11 is 5.68. The fourth-order valence-electron chi connectivity index (χ4n) is 2.12. The van der Waals surface area contributed by atoms with E-state index in [0.29, 0.717) is 25.5 Å². The van der Waals surface area contributed by atoms with Crippen molar-refractivity contribution in [3.05, 3.63) is 75.9 Å². The van der Waals surface area contributed by atoms with Crippen LogP contribution >= 0.6 is 22.9 Å². The van der Waals surface area contributed by atoms with E-state index in [0.717, 1.165) is 0 Å². The molecule has 1 unspecified atom stereocenters. The summed E-state index contributed by atoms with van der Waals surface area (Å²) in [6.07, 6.45) is 0. The molecule has 4 nitrogen and oxygen atoms in total. The molecule has 1 N–H and O–H groups in total. The van der Waals surface area contributed by atoms with Gasteiger partial charge in [-0.1, -0.05) is 0 Å². The van der Waals surface area contributed by atoms with E-state index in [2.05, 4.69) is 5.32 Å². The number of rotatable bonds is 5. The first-order valence-corrected chi connectivity index (χ1v) is 13.6. The molecular formula is C17H13AsClNO3S2. The summed E-state index contributed by atoms with van der Waals surface area (Å²) in [5.41, 5.74) is 0.977. The van der Waals surface area contributed by atoms with Gasteiger partial charge in [-0.25, -0.2) is 0 Å². The van der Waals surface area contributed by atoms with Gasteiger partial charge in [0.2, 0.25) is 0 Å². The minimum absolute atomic E-state index is 0.294. The van der Waals surface area contributed by atoms with E-state index < -0.39 is 22.7 Å². The summed E-state index contributed by atoms with van der Waals surface area (Å²) in [6, 6.07) is 15.1. The minimum atomic E-state index is -3.39. The van der Waals surface area contributed by atoms with E-state index in [1.807, 2.05) is 0 Å². The van der Waals surface area contributed by atoms with Crippen molar-refractivity contribution in [3.8, 4) is 0 Å². The van der Waals surface area contributed by atoms with Crippen molar-refractivity contribution in [3.63, 3.8) is 0 Å². The average Bonchev–Trinajstić information content (AvgIpc) is 3.03.